The lowest BCUT2D eigenvalue weighted by atomic mass is 9.88. The molecule has 2 heterocycles. The summed E-state index contributed by atoms with van der Waals surface area (Å²) in [6, 6.07) is 8.11. The number of carbonyl (C=O) groups is 1. The van der Waals surface area contributed by atoms with Crippen LogP contribution in [0.2, 0.25) is 5.02 Å². The lowest BCUT2D eigenvalue weighted by Gasteiger charge is -2.39. The van der Waals surface area contributed by atoms with Crippen molar-refractivity contribution in [1.29, 1.82) is 0 Å². The van der Waals surface area contributed by atoms with Gasteiger partial charge in [0.1, 0.15) is 0 Å². The maximum Gasteiger partial charge on any atom is 0.222 e. The number of benzene rings is 1. The maximum atomic E-state index is 11.7. The van der Waals surface area contributed by atoms with E-state index in [2.05, 4.69) is 16.3 Å². The number of nitrogens with one attached hydrogen (secondary N) is 1. The van der Waals surface area contributed by atoms with E-state index in [1.807, 2.05) is 32.0 Å². The van der Waals surface area contributed by atoms with Gasteiger partial charge in [0.15, 0.2) is 0 Å². The number of rotatable bonds is 5. The van der Waals surface area contributed by atoms with Crippen molar-refractivity contribution in [3.8, 4) is 0 Å². The van der Waals surface area contributed by atoms with E-state index in [-0.39, 0.29) is 23.5 Å². The fraction of sp³-hybridized carbons (Fsp3) is 0.650. The summed E-state index contributed by atoms with van der Waals surface area (Å²) in [4.78, 5) is 14.2. The first-order chi connectivity index (χ1) is 12.0. The van der Waals surface area contributed by atoms with Crippen molar-refractivity contribution < 1.29 is 9.53 Å². The summed E-state index contributed by atoms with van der Waals surface area (Å²) >= 11 is 6.08. The molecule has 0 unspecified atom stereocenters. The molecule has 1 aromatic rings. The van der Waals surface area contributed by atoms with Gasteiger partial charge >= 0.3 is 0 Å². The Labute approximate surface area is 155 Å². The molecule has 0 aliphatic carbocycles. The summed E-state index contributed by atoms with van der Waals surface area (Å²) < 4.78 is 6.38. The molecule has 2 aliphatic heterocycles. The van der Waals surface area contributed by atoms with Crippen LogP contribution in [0.5, 0.6) is 0 Å². The molecular formula is C20H29ClN2O2. The molecule has 138 valence electrons. The van der Waals surface area contributed by atoms with Gasteiger partial charge in [0.25, 0.3) is 0 Å². The zero-order valence-electron chi connectivity index (χ0n) is 15.3. The monoisotopic (exact) mass is 364 g/mol. The van der Waals surface area contributed by atoms with Crippen LogP contribution in [0.15, 0.2) is 24.3 Å². The number of carbonyl (C=O) groups excluding carboxylic acids is 1. The zero-order chi connectivity index (χ0) is 17.9. The molecule has 1 amide bonds. The van der Waals surface area contributed by atoms with E-state index in [0.717, 1.165) is 50.3 Å². The van der Waals surface area contributed by atoms with Crippen molar-refractivity contribution in [2.45, 2.75) is 57.8 Å². The molecule has 25 heavy (non-hydrogen) atoms. The quantitative estimate of drug-likeness (QED) is 0.867. The van der Waals surface area contributed by atoms with Crippen molar-refractivity contribution >= 4 is 17.5 Å². The second-order valence-corrected chi connectivity index (χ2v) is 8.20. The predicted octanol–water partition coefficient (Wildman–Crippen LogP) is 3.63. The number of likely N-dealkylation sites (tertiary alicyclic amines) is 1. The number of ether oxygens (including phenoxy) is 1. The van der Waals surface area contributed by atoms with Crippen LogP contribution in [-0.2, 0) is 16.1 Å². The summed E-state index contributed by atoms with van der Waals surface area (Å²) in [5.74, 6) is 0.144. The van der Waals surface area contributed by atoms with E-state index < -0.39 is 0 Å². The van der Waals surface area contributed by atoms with Crippen molar-refractivity contribution in [2.75, 3.05) is 19.6 Å². The lowest BCUT2D eigenvalue weighted by Crippen LogP contribution is -2.45. The van der Waals surface area contributed by atoms with E-state index in [4.69, 9.17) is 16.3 Å². The molecule has 4 nitrogen and oxygen atoms in total. The molecule has 2 saturated heterocycles. The van der Waals surface area contributed by atoms with Crippen LogP contribution < -0.4 is 5.32 Å². The fourth-order valence-corrected chi connectivity index (χ4v) is 4.05. The first kappa shape index (κ1) is 18.7. The average molecular weight is 365 g/mol. The Morgan fingerprint density at radius 1 is 1.36 bits per heavy atom. The van der Waals surface area contributed by atoms with Gasteiger partial charge in [-0.05, 0) is 43.4 Å². The van der Waals surface area contributed by atoms with Crippen molar-refractivity contribution in [1.82, 2.24) is 10.2 Å². The molecule has 3 rings (SSSR count). The third-order valence-electron chi connectivity index (χ3n) is 5.43. The van der Waals surface area contributed by atoms with Gasteiger partial charge in [-0.15, -0.1) is 0 Å². The SMILES string of the molecule is CC(C)C(=O)NC[C@H]1CCC2(CCN(Cc3cccc(Cl)c3)CC2)O1. The van der Waals surface area contributed by atoms with Crippen LogP contribution in [0.1, 0.15) is 45.1 Å². The molecule has 1 aromatic carbocycles. The summed E-state index contributed by atoms with van der Waals surface area (Å²) in [5, 5.41) is 3.81. The van der Waals surface area contributed by atoms with Crippen LogP contribution in [-0.4, -0.2) is 42.1 Å². The average Bonchev–Trinajstić information content (AvgIpc) is 2.98. The predicted molar refractivity (Wildman–Crippen MR) is 101 cm³/mol. The molecule has 0 bridgehead atoms. The van der Waals surface area contributed by atoms with Crippen LogP contribution in [0.4, 0.5) is 0 Å². The second-order valence-electron chi connectivity index (χ2n) is 7.77. The van der Waals surface area contributed by atoms with E-state index in [9.17, 15) is 4.79 Å². The highest BCUT2D eigenvalue weighted by Crippen LogP contribution is 2.39. The Kier molecular flexibility index (Phi) is 6.03. The van der Waals surface area contributed by atoms with Crippen LogP contribution in [0.25, 0.3) is 0 Å². The third-order valence-corrected chi connectivity index (χ3v) is 5.66. The van der Waals surface area contributed by atoms with Crippen LogP contribution in [0.3, 0.4) is 0 Å². The smallest absolute Gasteiger partial charge is 0.222 e. The summed E-state index contributed by atoms with van der Waals surface area (Å²) in [6.07, 6.45) is 4.47. The number of piperidine rings is 1. The van der Waals surface area contributed by atoms with Crippen LogP contribution in [0, 0.1) is 5.92 Å². The standard InChI is InChI=1S/C20H29ClN2O2/c1-15(2)19(24)22-13-18-6-7-20(25-18)8-10-23(11-9-20)14-16-4-3-5-17(21)12-16/h3-5,12,15,18H,6-11,13-14H2,1-2H3,(H,22,24)/t18-/m1/s1. The number of hydrogen-bond acceptors (Lipinski definition) is 3. The number of halogens is 1. The van der Waals surface area contributed by atoms with Gasteiger partial charge < -0.3 is 10.1 Å². The van der Waals surface area contributed by atoms with E-state index in [1.165, 1.54) is 5.56 Å². The van der Waals surface area contributed by atoms with Crippen molar-refractivity contribution in [3.05, 3.63) is 34.9 Å². The van der Waals surface area contributed by atoms with Gasteiger partial charge in [0, 0.05) is 37.1 Å². The summed E-state index contributed by atoms with van der Waals surface area (Å²) in [7, 11) is 0. The first-order valence-corrected chi connectivity index (χ1v) is 9.76. The minimum absolute atomic E-state index is 0.0259. The Bertz CT molecular complexity index is 597. The molecule has 1 atom stereocenters. The summed E-state index contributed by atoms with van der Waals surface area (Å²) in [5.41, 5.74) is 1.29. The molecule has 2 aliphatic rings. The summed E-state index contributed by atoms with van der Waals surface area (Å²) in [6.45, 7) is 7.54. The van der Waals surface area contributed by atoms with Gasteiger partial charge in [-0.2, -0.15) is 0 Å². The normalized spacial score (nSPS) is 23.3. The largest absolute Gasteiger partial charge is 0.370 e. The van der Waals surface area contributed by atoms with Gasteiger partial charge in [-0.1, -0.05) is 37.6 Å². The van der Waals surface area contributed by atoms with Gasteiger partial charge in [-0.3, -0.25) is 9.69 Å². The van der Waals surface area contributed by atoms with Crippen molar-refractivity contribution in [2.24, 2.45) is 5.92 Å². The van der Waals surface area contributed by atoms with Gasteiger partial charge in [0.05, 0.1) is 11.7 Å². The van der Waals surface area contributed by atoms with Crippen molar-refractivity contribution in [3.63, 3.8) is 0 Å². The Hall–Kier alpha value is -1.10. The number of amides is 1. The Balaban J connectivity index is 1.45. The molecular weight excluding hydrogens is 336 g/mol. The molecule has 0 radical (unpaired) electrons. The highest BCUT2D eigenvalue weighted by atomic mass is 35.5. The highest BCUT2D eigenvalue weighted by Gasteiger charge is 2.42. The molecule has 1 spiro atoms. The minimum atomic E-state index is 0.0259. The first-order valence-electron chi connectivity index (χ1n) is 9.38. The van der Waals surface area contributed by atoms with E-state index >= 15 is 0 Å². The lowest BCUT2D eigenvalue weighted by molar-refractivity contribution is -0.125. The fourth-order valence-electron chi connectivity index (χ4n) is 3.84. The Morgan fingerprint density at radius 2 is 2.12 bits per heavy atom. The topological polar surface area (TPSA) is 41.6 Å². The molecule has 1 N–H and O–H groups in total. The third kappa shape index (κ3) is 4.96. The number of hydrogen-bond donors (Lipinski definition) is 1. The number of nitrogens with zero attached hydrogens (tertiary/aromatic N) is 1. The molecule has 2 fully saturated rings. The van der Waals surface area contributed by atoms with E-state index in [1.54, 1.807) is 0 Å². The molecule has 0 saturated carbocycles. The Morgan fingerprint density at radius 3 is 2.80 bits per heavy atom. The van der Waals surface area contributed by atoms with Gasteiger partial charge in [-0.25, -0.2) is 0 Å². The minimum Gasteiger partial charge on any atom is -0.370 e. The molecule has 5 heteroatoms. The highest BCUT2D eigenvalue weighted by molar-refractivity contribution is 6.30. The second kappa shape index (κ2) is 8.07. The maximum absolute atomic E-state index is 11.7. The van der Waals surface area contributed by atoms with Gasteiger partial charge in [0.2, 0.25) is 5.91 Å². The van der Waals surface area contributed by atoms with Crippen LogP contribution >= 0.6 is 11.6 Å². The zero-order valence-corrected chi connectivity index (χ0v) is 16.0. The van der Waals surface area contributed by atoms with E-state index in [0.29, 0.717) is 6.54 Å². The molecule has 0 aromatic heterocycles.